The third-order valence-corrected chi connectivity index (χ3v) is 32.9. The van der Waals surface area contributed by atoms with Crippen LogP contribution in [0.2, 0.25) is 72.5 Å². The van der Waals surface area contributed by atoms with Gasteiger partial charge in [0.2, 0.25) is 0 Å². The van der Waals surface area contributed by atoms with Crippen LogP contribution in [0.1, 0.15) is 121 Å². The number of piperidine rings is 1. The second-order valence-corrected chi connectivity index (χ2v) is 42.8. The highest BCUT2D eigenvalue weighted by atomic mass is 28.4. The van der Waals surface area contributed by atoms with Crippen LogP contribution in [0.5, 0.6) is 0 Å². The van der Waals surface area contributed by atoms with Crippen molar-refractivity contribution in [3.63, 3.8) is 0 Å². The zero-order chi connectivity index (χ0) is 46.6. The van der Waals surface area contributed by atoms with E-state index in [2.05, 4.69) is 156 Å². The minimum atomic E-state index is -2.61. The lowest BCUT2D eigenvalue weighted by Gasteiger charge is -2.56. The van der Waals surface area contributed by atoms with Crippen molar-refractivity contribution in [2.45, 2.75) is 212 Å². The standard InChI is InChI=1S/C47H88F2N4O4Si4/c1-44(2,3)58(13,14)54-34-38-40(56-60(17,18)46(7,8)9)41(57-61(19,20)47(10,11)12)39(55-59(15,16)45(4,5)6)33-53(38)31-24-22-21-23-28-50-37-27-26-35(32-36(37)42(48)49)43-51-29-25-30-52-43/h25-27,29-30,32,38-42,50H,21-24,28,31,33-34H2,1-20H3/t38-,39?,40?,41?/m1/s1. The van der Waals surface area contributed by atoms with E-state index in [0.29, 0.717) is 30.2 Å². The van der Waals surface area contributed by atoms with Crippen LogP contribution >= 0.6 is 0 Å². The first-order valence-corrected chi connectivity index (χ1v) is 34.6. The molecule has 1 aliphatic rings. The van der Waals surface area contributed by atoms with Crippen molar-refractivity contribution in [2.75, 3.05) is 31.6 Å². The van der Waals surface area contributed by atoms with Crippen LogP contribution in [0.15, 0.2) is 36.7 Å². The number of halogens is 2. The minimum Gasteiger partial charge on any atom is -0.415 e. The molecule has 1 fully saturated rings. The minimum absolute atomic E-state index is 0.000113. The van der Waals surface area contributed by atoms with Gasteiger partial charge in [-0.2, -0.15) is 0 Å². The molecule has 1 saturated heterocycles. The second-order valence-electron chi connectivity index (χ2n) is 23.8. The van der Waals surface area contributed by atoms with Crippen molar-refractivity contribution in [2.24, 2.45) is 0 Å². The van der Waals surface area contributed by atoms with E-state index in [1.165, 1.54) is 6.07 Å². The van der Waals surface area contributed by atoms with E-state index in [9.17, 15) is 8.78 Å². The topological polar surface area (TPSA) is 78.0 Å². The van der Waals surface area contributed by atoms with Gasteiger partial charge in [0.25, 0.3) is 6.43 Å². The Kier molecular flexibility index (Phi) is 18.1. The second kappa shape index (κ2) is 20.4. The molecule has 8 nitrogen and oxygen atoms in total. The lowest BCUT2D eigenvalue weighted by atomic mass is 9.94. The van der Waals surface area contributed by atoms with E-state index in [-0.39, 0.29) is 50.1 Å². The Morgan fingerprint density at radius 2 is 1.16 bits per heavy atom. The van der Waals surface area contributed by atoms with Crippen molar-refractivity contribution in [1.82, 2.24) is 14.9 Å². The van der Waals surface area contributed by atoms with Crippen molar-refractivity contribution in [3.05, 3.63) is 42.2 Å². The van der Waals surface area contributed by atoms with Crippen molar-refractivity contribution < 1.29 is 26.5 Å². The first-order valence-electron chi connectivity index (χ1n) is 23.0. The Bertz CT molecular complexity index is 1670. The number of nitrogens with one attached hydrogen (secondary N) is 1. The van der Waals surface area contributed by atoms with E-state index in [1.807, 2.05) is 0 Å². The molecule has 0 bridgehead atoms. The van der Waals surface area contributed by atoms with Gasteiger partial charge in [-0.05, 0) is 116 Å². The van der Waals surface area contributed by atoms with Crippen LogP contribution in [0.3, 0.4) is 0 Å². The average molecular weight is 924 g/mol. The number of nitrogens with zero attached hydrogens (tertiary/aromatic N) is 3. The fourth-order valence-corrected chi connectivity index (χ4v) is 11.6. The number of likely N-dealkylation sites (tertiary alicyclic amines) is 1. The summed E-state index contributed by atoms with van der Waals surface area (Å²) in [7, 11) is -8.97. The van der Waals surface area contributed by atoms with Crippen molar-refractivity contribution in [1.29, 1.82) is 0 Å². The van der Waals surface area contributed by atoms with Crippen molar-refractivity contribution in [3.8, 4) is 11.4 Å². The van der Waals surface area contributed by atoms with Gasteiger partial charge in [0.05, 0.1) is 31.0 Å². The third-order valence-electron chi connectivity index (χ3n) is 14.9. The fourth-order valence-electron chi connectivity index (χ4n) is 6.57. The number of unbranched alkanes of at least 4 members (excludes halogenated alkanes) is 3. The van der Waals surface area contributed by atoms with Gasteiger partial charge in [-0.15, -0.1) is 0 Å². The summed E-state index contributed by atoms with van der Waals surface area (Å²) in [6.45, 7) is 49.6. The van der Waals surface area contributed by atoms with Gasteiger partial charge in [-0.25, -0.2) is 18.7 Å². The molecule has 1 aliphatic heterocycles. The zero-order valence-corrected chi connectivity index (χ0v) is 46.2. The molecule has 2 heterocycles. The quantitative estimate of drug-likeness (QED) is 0.110. The molecule has 61 heavy (non-hydrogen) atoms. The predicted molar refractivity (Wildman–Crippen MR) is 264 cm³/mol. The van der Waals surface area contributed by atoms with Crippen LogP contribution in [0.4, 0.5) is 14.5 Å². The highest BCUT2D eigenvalue weighted by Gasteiger charge is 2.55. The maximum atomic E-state index is 14.2. The number of hydrogen-bond acceptors (Lipinski definition) is 8. The molecule has 0 saturated carbocycles. The van der Waals surface area contributed by atoms with Gasteiger partial charge in [-0.3, -0.25) is 4.90 Å². The molecule has 0 radical (unpaired) electrons. The molecule has 4 atom stereocenters. The molecule has 3 unspecified atom stereocenters. The van der Waals surface area contributed by atoms with E-state index >= 15 is 0 Å². The lowest BCUT2D eigenvalue weighted by Crippen LogP contribution is -2.70. The Morgan fingerprint density at radius 1 is 0.672 bits per heavy atom. The molecule has 1 aromatic heterocycles. The Hall–Kier alpha value is -1.37. The van der Waals surface area contributed by atoms with Crippen LogP contribution in [-0.2, 0) is 17.7 Å². The maximum absolute atomic E-state index is 14.2. The van der Waals surface area contributed by atoms with E-state index in [1.54, 1.807) is 30.6 Å². The predicted octanol–water partition coefficient (Wildman–Crippen LogP) is 13.9. The van der Waals surface area contributed by atoms with E-state index < -0.39 is 39.7 Å². The van der Waals surface area contributed by atoms with Crippen LogP contribution in [-0.4, -0.2) is 98.7 Å². The van der Waals surface area contributed by atoms with Gasteiger partial charge in [-0.1, -0.05) is 95.9 Å². The Balaban J connectivity index is 1.94. The number of alkyl halides is 2. The monoisotopic (exact) mass is 923 g/mol. The molecule has 0 aliphatic carbocycles. The molecule has 0 amide bonds. The summed E-state index contributed by atoms with van der Waals surface area (Å²) in [5, 5.41) is 3.40. The van der Waals surface area contributed by atoms with Gasteiger partial charge in [0.15, 0.2) is 39.1 Å². The van der Waals surface area contributed by atoms with E-state index in [0.717, 1.165) is 38.8 Å². The molecule has 14 heteroatoms. The van der Waals surface area contributed by atoms with Crippen LogP contribution in [0.25, 0.3) is 11.4 Å². The van der Waals surface area contributed by atoms with Gasteiger partial charge in [0, 0.05) is 42.3 Å². The van der Waals surface area contributed by atoms with Crippen LogP contribution < -0.4 is 5.32 Å². The molecule has 350 valence electrons. The largest absolute Gasteiger partial charge is 0.415 e. The summed E-state index contributed by atoms with van der Waals surface area (Å²) < 4.78 is 58.4. The number of aromatic nitrogens is 2. The summed E-state index contributed by atoms with van der Waals surface area (Å²) in [6, 6.07) is 6.74. The van der Waals surface area contributed by atoms with Gasteiger partial charge < -0.3 is 23.0 Å². The van der Waals surface area contributed by atoms with Gasteiger partial charge in [0.1, 0.15) is 0 Å². The van der Waals surface area contributed by atoms with Crippen LogP contribution in [0, 0.1) is 0 Å². The van der Waals surface area contributed by atoms with Gasteiger partial charge >= 0.3 is 0 Å². The molecule has 2 aromatic rings. The molecule has 0 spiro atoms. The normalized spacial score (nSPS) is 20.7. The average Bonchev–Trinajstić information content (AvgIpc) is 3.10. The third kappa shape index (κ3) is 14.3. The SMILES string of the molecule is CC(C)(C)[Si](C)(C)OC[C@@H]1C(O[Si](C)(C)C(C)(C)C)C(O[Si](C)(C)C(C)(C)C)C(O[Si](C)(C)C(C)(C)C)CN1CCCCCCNc1ccc(-c2ncccn2)cc1C(F)F. The summed E-state index contributed by atoms with van der Waals surface area (Å²) in [5.74, 6) is 0.438. The zero-order valence-electron chi connectivity index (χ0n) is 42.2. The number of anilines is 1. The van der Waals surface area contributed by atoms with E-state index in [4.69, 9.17) is 17.7 Å². The summed E-state index contributed by atoms with van der Waals surface area (Å²) in [5.41, 5.74) is 1.02. The first kappa shape index (κ1) is 54.0. The maximum Gasteiger partial charge on any atom is 0.265 e. The highest BCUT2D eigenvalue weighted by molar-refractivity contribution is 6.75. The molecule has 3 rings (SSSR count). The molecule has 1 aromatic carbocycles. The number of benzene rings is 1. The number of hydrogen-bond donors (Lipinski definition) is 1. The summed E-state index contributed by atoms with van der Waals surface area (Å²) >= 11 is 0. The molecular formula is C47H88F2N4O4Si4. The van der Waals surface area contributed by atoms with Crippen molar-refractivity contribution >= 4 is 39.0 Å². The molecule has 1 N–H and O–H groups in total. The first-order chi connectivity index (χ1) is 27.6. The Morgan fingerprint density at radius 3 is 1.67 bits per heavy atom. The Labute approximate surface area is 376 Å². The smallest absolute Gasteiger partial charge is 0.265 e. The molecular weight excluding hydrogens is 835 g/mol. The lowest BCUT2D eigenvalue weighted by molar-refractivity contribution is -0.128. The summed E-state index contributed by atoms with van der Waals surface area (Å²) in [4.78, 5) is 11.1. The highest BCUT2D eigenvalue weighted by Crippen LogP contribution is 2.46. The fraction of sp³-hybridized carbons (Fsp3) is 0.787. The summed E-state index contributed by atoms with van der Waals surface area (Å²) in [6.07, 6.45) is 3.90. The number of rotatable bonds is 19.